The summed E-state index contributed by atoms with van der Waals surface area (Å²) >= 11 is 0. The van der Waals surface area contributed by atoms with Crippen molar-refractivity contribution in [3.8, 4) is 0 Å². The SMILES string of the molecule is COC(=O)c1ccnc(N2CCC(OCC(=O)O)CC2)c1. The van der Waals surface area contributed by atoms with Gasteiger partial charge in [0.1, 0.15) is 12.4 Å². The van der Waals surface area contributed by atoms with Crippen LogP contribution in [0.25, 0.3) is 0 Å². The third-order valence-corrected chi connectivity index (χ3v) is 3.38. The molecule has 0 aliphatic carbocycles. The van der Waals surface area contributed by atoms with Crippen molar-refractivity contribution >= 4 is 17.8 Å². The summed E-state index contributed by atoms with van der Waals surface area (Å²) in [6, 6.07) is 3.31. The van der Waals surface area contributed by atoms with Gasteiger partial charge in [0.15, 0.2) is 0 Å². The van der Waals surface area contributed by atoms with Gasteiger partial charge in [-0.15, -0.1) is 0 Å². The van der Waals surface area contributed by atoms with E-state index >= 15 is 0 Å². The molecule has 1 saturated heterocycles. The molecule has 2 rings (SSSR count). The maximum atomic E-state index is 11.5. The monoisotopic (exact) mass is 294 g/mol. The van der Waals surface area contributed by atoms with Crippen LogP contribution in [0.15, 0.2) is 18.3 Å². The molecule has 0 bridgehead atoms. The summed E-state index contributed by atoms with van der Waals surface area (Å²) in [6.07, 6.45) is 3.00. The van der Waals surface area contributed by atoms with E-state index in [4.69, 9.17) is 9.84 Å². The van der Waals surface area contributed by atoms with Crippen molar-refractivity contribution in [2.45, 2.75) is 18.9 Å². The predicted molar refractivity (Wildman–Crippen MR) is 74.4 cm³/mol. The van der Waals surface area contributed by atoms with E-state index in [0.717, 1.165) is 18.7 Å². The number of esters is 1. The smallest absolute Gasteiger partial charge is 0.338 e. The summed E-state index contributed by atoms with van der Waals surface area (Å²) in [4.78, 5) is 28.3. The highest BCUT2D eigenvalue weighted by molar-refractivity contribution is 5.90. The molecule has 0 spiro atoms. The van der Waals surface area contributed by atoms with E-state index in [-0.39, 0.29) is 12.7 Å². The fourth-order valence-electron chi connectivity index (χ4n) is 2.28. The van der Waals surface area contributed by atoms with Gasteiger partial charge in [-0.25, -0.2) is 14.6 Å². The number of piperidine rings is 1. The van der Waals surface area contributed by atoms with Crippen LogP contribution in [0, 0.1) is 0 Å². The number of anilines is 1. The summed E-state index contributed by atoms with van der Waals surface area (Å²) in [5.41, 5.74) is 0.465. The fraction of sp³-hybridized carbons (Fsp3) is 0.500. The van der Waals surface area contributed by atoms with Crippen molar-refractivity contribution in [1.29, 1.82) is 0 Å². The number of hydrogen-bond donors (Lipinski definition) is 1. The molecule has 1 fully saturated rings. The minimum Gasteiger partial charge on any atom is -0.480 e. The van der Waals surface area contributed by atoms with Crippen molar-refractivity contribution in [2.75, 3.05) is 31.7 Å². The average molecular weight is 294 g/mol. The molecule has 1 aromatic heterocycles. The van der Waals surface area contributed by atoms with Gasteiger partial charge in [0.25, 0.3) is 0 Å². The average Bonchev–Trinajstić information content (AvgIpc) is 2.52. The number of hydrogen-bond acceptors (Lipinski definition) is 6. The minimum absolute atomic E-state index is 0.0406. The molecule has 7 heteroatoms. The van der Waals surface area contributed by atoms with Crippen LogP contribution in [0.2, 0.25) is 0 Å². The van der Waals surface area contributed by atoms with Crippen LogP contribution in [0.1, 0.15) is 23.2 Å². The Morgan fingerprint density at radius 1 is 1.43 bits per heavy atom. The molecule has 0 unspecified atom stereocenters. The van der Waals surface area contributed by atoms with Crippen molar-refractivity contribution in [2.24, 2.45) is 0 Å². The van der Waals surface area contributed by atoms with Gasteiger partial charge in [-0.05, 0) is 25.0 Å². The molecule has 2 heterocycles. The molecule has 1 aliphatic rings. The first-order valence-corrected chi connectivity index (χ1v) is 6.73. The standard InChI is InChI=1S/C14H18N2O5/c1-20-14(19)10-2-5-15-12(8-10)16-6-3-11(4-7-16)21-9-13(17)18/h2,5,8,11H,3-4,6-7,9H2,1H3,(H,17,18). The zero-order chi connectivity index (χ0) is 15.2. The second-order valence-electron chi connectivity index (χ2n) is 4.79. The van der Waals surface area contributed by atoms with Crippen LogP contribution in [0.5, 0.6) is 0 Å². The van der Waals surface area contributed by atoms with Gasteiger partial charge in [-0.3, -0.25) is 0 Å². The van der Waals surface area contributed by atoms with E-state index in [1.54, 1.807) is 18.3 Å². The van der Waals surface area contributed by atoms with E-state index in [0.29, 0.717) is 18.7 Å². The van der Waals surface area contributed by atoms with Gasteiger partial charge < -0.3 is 19.5 Å². The van der Waals surface area contributed by atoms with Crippen molar-refractivity contribution in [3.63, 3.8) is 0 Å². The number of carbonyl (C=O) groups excluding carboxylic acids is 1. The second-order valence-corrected chi connectivity index (χ2v) is 4.79. The van der Waals surface area contributed by atoms with Gasteiger partial charge in [-0.1, -0.05) is 0 Å². The number of ether oxygens (including phenoxy) is 2. The Kier molecular flexibility index (Phi) is 5.10. The van der Waals surface area contributed by atoms with E-state index < -0.39 is 11.9 Å². The molecular weight excluding hydrogens is 276 g/mol. The van der Waals surface area contributed by atoms with Crippen molar-refractivity contribution < 1.29 is 24.2 Å². The van der Waals surface area contributed by atoms with Crippen molar-refractivity contribution in [1.82, 2.24) is 4.98 Å². The zero-order valence-corrected chi connectivity index (χ0v) is 11.8. The number of methoxy groups -OCH3 is 1. The van der Waals surface area contributed by atoms with Gasteiger partial charge in [0.2, 0.25) is 0 Å². The number of nitrogens with zero attached hydrogens (tertiary/aromatic N) is 2. The quantitative estimate of drug-likeness (QED) is 0.808. The van der Waals surface area contributed by atoms with Gasteiger partial charge >= 0.3 is 11.9 Å². The first-order chi connectivity index (χ1) is 10.1. The Hall–Kier alpha value is -2.15. The molecule has 0 atom stereocenters. The van der Waals surface area contributed by atoms with Crippen LogP contribution < -0.4 is 4.90 Å². The second kappa shape index (κ2) is 7.03. The van der Waals surface area contributed by atoms with Crippen LogP contribution in [-0.2, 0) is 14.3 Å². The Balaban J connectivity index is 1.93. The lowest BCUT2D eigenvalue weighted by molar-refractivity contribution is -0.144. The van der Waals surface area contributed by atoms with E-state index in [2.05, 4.69) is 9.72 Å². The highest BCUT2D eigenvalue weighted by Crippen LogP contribution is 2.20. The summed E-state index contributed by atoms with van der Waals surface area (Å²) in [5, 5.41) is 8.59. The number of pyridine rings is 1. The van der Waals surface area contributed by atoms with Crippen LogP contribution in [0.4, 0.5) is 5.82 Å². The third-order valence-electron chi connectivity index (χ3n) is 3.38. The molecule has 0 radical (unpaired) electrons. The number of aromatic nitrogens is 1. The lowest BCUT2D eigenvalue weighted by Gasteiger charge is -2.32. The topological polar surface area (TPSA) is 89.0 Å². The lowest BCUT2D eigenvalue weighted by Crippen LogP contribution is -2.38. The molecule has 0 saturated carbocycles. The van der Waals surface area contributed by atoms with Crippen LogP contribution in [-0.4, -0.2) is 54.9 Å². The van der Waals surface area contributed by atoms with Gasteiger partial charge in [0, 0.05) is 19.3 Å². The molecule has 1 N–H and O–H groups in total. The first kappa shape index (κ1) is 15.2. The minimum atomic E-state index is -0.954. The molecule has 21 heavy (non-hydrogen) atoms. The van der Waals surface area contributed by atoms with E-state index in [9.17, 15) is 9.59 Å². The Labute approximate surface area is 122 Å². The summed E-state index contributed by atoms with van der Waals surface area (Å²) in [7, 11) is 1.34. The summed E-state index contributed by atoms with van der Waals surface area (Å²) < 4.78 is 9.98. The number of carbonyl (C=O) groups is 2. The molecule has 1 aliphatic heterocycles. The van der Waals surface area contributed by atoms with Gasteiger partial charge in [-0.2, -0.15) is 0 Å². The van der Waals surface area contributed by atoms with E-state index in [1.807, 2.05) is 4.90 Å². The first-order valence-electron chi connectivity index (χ1n) is 6.73. The lowest BCUT2D eigenvalue weighted by atomic mass is 10.1. The summed E-state index contributed by atoms with van der Waals surface area (Å²) in [5.74, 6) is -0.627. The van der Waals surface area contributed by atoms with Crippen LogP contribution >= 0.6 is 0 Å². The summed E-state index contributed by atoms with van der Waals surface area (Å²) in [6.45, 7) is 1.16. The van der Waals surface area contributed by atoms with Crippen molar-refractivity contribution in [3.05, 3.63) is 23.9 Å². The number of carboxylic acid groups (broad SMARTS) is 1. The highest BCUT2D eigenvalue weighted by atomic mass is 16.5. The third kappa shape index (κ3) is 4.16. The molecule has 114 valence electrons. The molecule has 1 aromatic rings. The predicted octanol–water partition coefficient (Wildman–Crippen LogP) is 0.938. The fourth-order valence-corrected chi connectivity index (χ4v) is 2.28. The Bertz CT molecular complexity index is 512. The zero-order valence-electron chi connectivity index (χ0n) is 11.8. The number of rotatable bonds is 5. The largest absolute Gasteiger partial charge is 0.480 e. The van der Waals surface area contributed by atoms with Crippen LogP contribution in [0.3, 0.4) is 0 Å². The molecule has 7 nitrogen and oxygen atoms in total. The number of carboxylic acids is 1. The number of aliphatic carboxylic acids is 1. The Morgan fingerprint density at radius 3 is 2.76 bits per heavy atom. The molecule has 0 amide bonds. The maximum Gasteiger partial charge on any atom is 0.338 e. The normalized spacial score (nSPS) is 15.8. The molecule has 0 aromatic carbocycles. The van der Waals surface area contributed by atoms with E-state index in [1.165, 1.54) is 7.11 Å². The Morgan fingerprint density at radius 2 is 2.14 bits per heavy atom. The van der Waals surface area contributed by atoms with Gasteiger partial charge in [0.05, 0.1) is 18.8 Å². The molecular formula is C14H18N2O5. The maximum absolute atomic E-state index is 11.5. The highest BCUT2D eigenvalue weighted by Gasteiger charge is 2.22.